The molecule has 1 fully saturated rings. The van der Waals surface area contributed by atoms with E-state index in [0.29, 0.717) is 69.7 Å². The first-order chi connectivity index (χ1) is 43.9. The van der Waals surface area contributed by atoms with Crippen LogP contribution in [-0.4, -0.2) is 121 Å². The van der Waals surface area contributed by atoms with E-state index in [9.17, 15) is 19.1 Å². The van der Waals surface area contributed by atoms with Gasteiger partial charge in [0.25, 0.3) is 0 Å². The van der Waals surface area contributed by atoms with Crippen molar-refractivity contribution in [1.82, 2.24) is 24.9 Å². The Hall–Kier alpha value is -2.68. The maximum atomic E-state index is 15.1. The fourth-order valence-electron chi connectivity index (χ4n) is 8.68. The van der Waals surface area contributed by atoms with Crippen molar-refractivity contribution < 1.29 is 47.4 Å². The number of pyridine rings is 5. The molecule has 8 unspecified atom stereocenters. The van der Waals surface area contributed by atoms with E-state index in [1.165, 1.54) is 34.2 Å². The maximum Gasteiger partial charge on any atom is 0.494 e. The second kappa shape index (κ2) is 39.2. The Bertz CT molecular complexity index is 3560. The highest BCUT2D eigenvalue weighted by Gasteiger charge is 2.52. The van der Waals surface area contributed by atoms with E-state index >= 15 is 8.78 Å². The summed E-state index contributed by atoms with van der Waals surface area (Å²) in [6.45, 7) is 14.8. The quantitative estimate of drug-likeness (QED) is 0.0318. The fraction of sp³-hybridized carbons (Fsp3) is 0.350. The minimum atomic E-state index is -0.640. The minimum absolute atomic E-state index is 0.0203. The van der Waals surface area contributed by atoms with E-state index in [0.717, 1.165) is 27.0 Å². The van der Waals surface area contributed by atoms with E-state index in [1.54, 1.807) is 68.1 Å². The molecule has 33 heteroatoms. The van der Waals surface area contributed by atoms with Crippen molar-refractivity contribution in [1.29, 1.82) is 0 Å². The Balaban J connectivity index is 0.000000229. The first kappa shape index (κ1) is 81.0. The number of carbonyl (C=O) groups is 2. The van der Waals surface area contributed by atoms with Gasteiger partial charge >= 0.3 is 7.12 Å². The molecule has 0 spiro atoms. The van der Waals surface area contributed by atoms with Gasteiger partial charge in [0.2, 0.25) is 17.8 Å². The molecule has 3 aliphatic rings. The SMILES string of the molecule is CC(CO)Nc1cc(-c2cc(F)c3c(c2)CCN3C(=O)Cc2cccnc2Cl)ccn1.CC(CO)Nc1cc(Br)ccn1.CC(N)CO.CC1(C)OB(c2cc(F)c3c(c2)CCN3C(=O)Cc2cccnc2Cl)OC1(C)C.Fc1cc(Br)ccn1.PP(P)P(P)P(P)P. The van der Waals surface area contributed by atoms with Crippen LogP contribution in [0.4, 0.5) is 36.2 Å². The molecule has 17 nitrogen and oxygen atoms in total. The van der Waals surface area contributed by atoms with Crippen LogP contribution in [0.15, 0.2) is 125 Å². The van der Waals surface area contributed by atoms with Gasteiger partial charge < -0.3 is 50.8 Å². The monoisotopic (exact) mass is 1590 g/mol. The van der Waals surface area contributed by atoms with Gasteiger partial charge in [-0.15, -0.1) is 44.6 Å². The number of carbonyl (C=O) groups excluding carboxylic acids is 2. The molecular formula is C60H78BBr2Cl2F3N10O7P8. The summed E-state index contributed by atoms with van der Waals surface area (Å²) in [6.07, 6.45) is 9.17. The Morgan fingerprint density at radius 2 is 1.08 bits per heavy atom. The smallest absolute Gasteiger partial charge is 0.399 e. The molecule has 502 valence electrons. The molecule has 0 saturated carbocycles. The summed E-state index contributed by atoms with van der Waals surface area (Å²) in [6, 6.07) is 23.7. The number of rotatable bonds is 15. The predicted molar refractivity (Wildman–Crippen MR) is 404 cm³/mol. The summed E-state index contributed by atoms with van der Waals surface area (Å²) in [5, 5.41) is 32.7. The van der Waals surface area contributed by atoms with E-state index in [-0.39, 0.29) is 93.9 Å². The average Bonchev–Trinajstić information content (AvgIpc) is 1.65. The van der Waals surface area contributed by atoms with Gasteiger partial charge in [-0.25, -0.2) is 33.7 Å². The lowest BCUT2D eigenvalue weighted by Crippen LogP contribution is -2.41. The molecule has 93 heavy (non-hydrogen) atoms. The van der Waals surface area contributed by atoms with Crippen LogP contribution in [0.1, 0.15) is 70.7 Å². The van der Waals surface area contributed by atoms with Crippen LogP contribution < -0.4 is 31.6 Å². The standard InChI is InChI=1S/C23H22ClFN4O2.C21H23BClFN2O3.C8H11BrN2O.C5H3BrFN.C3H9NO.H10P8/c1-14(13-30)28-20-11-15(4-7-26-20)18-9-16-5-8-29(22(16)19(25)10-18)21(31)12-17-3-2-6-27-23(17)24;1-20(2)21(3,4)29-22(28-20)15-10-13-7-9-26(18(13)16(24)12-15)17(27)11-14-6-5-8-25-19(14)23;1-6(5-12)11-8-4-7(9)2-3-10-8;6-4-1-2-8-5(7)3-4;1-3(4)2-5;1-6(2)8(5)7(3)4/h2-4,6-7,9-11,14,30H,5,8,12-13H2,1H3,(H,26,28);5-6,8,10,12H,7,9,11H2,1-4H3;2-4,6,12H,5H2,1H3,(H,10,11);1-3H;3,5H,2,4H2,1H3;1-5H2. The second-order valence-electron chi connectivity index (χ2n) is 22.2. The number of hydrogen-bond acceptors (Lipinski definition) is 15. The van der Waals surface area contributed by atoms with Gasteiger partial charge in [0.05, 0.1) is 55.2 Å². The molecule has 0 radical (unpaired) electrons. The van der Waals surface area contributed by atoms with Crippen LogP contribution in [0, 0.1) is 17.6 Å². The van der Waals surface area contributed by atoms with Crippen molar-refractivity contribution in [3.05, 3.63) is 175 Å². The van der Waals surface area contributed by atoms with Crippen LogP contribution in [0.3, 0.4) is 0 Å². The van der Waals surface area contributed by atoms with Crippen molar-refractivity contribution in [2.75, 3.05) is 53.3 Å². The molecule has 7 aromatic rings. The summed E-state index contributed by atoms with van der Waals surface area (Å²) < 4.78 is 56.0. The number of fused-ring (bicyclic) bond motifs is 2. The Labute approximate surface area is 584 Å². The number of halogens is 7. The zero-order chi connectivity index (χ0) is 68.9. The molecule has 2 aromatic carbocycles. The van der Waals surface area contributed by atoms with Gasteiger partial charge in [-0.05, 0) is 182 Å². The summed E-state index contributed by atoms with van der Waals surface area (Å²) in [4.78, 5) is 48.3. The number of benzene rings is 2. The molecule has 8 atom stereocenters. The largest absolute Gasteiger partial charge is 0.494 e. The van der Waals surface area contributed by atoms with Crippen molar-refractivity contribution in [2.24, 2.45) is 5.73 Å². The van der Waals surface area contributed by atoms with E-state index in [1.807, 2.05) is 71.9 Å². The van der Waals surface area contributed by atoms with Gasteiger partial charge in [-0.1, -0.05) is 73.3 Å². The first-order valence-corrected chi connectivity index (χ1v) is 44.7. The summed E-state index contributed by atoms with van der Waals surface area (Å²) in [5.41, 5.74) is 9.65. The second-order valence-corrected chi connectivity index (χ2v) is 52.8. The van der Waals surface area contributed by atoms with Gasteiger partial charge in [0.1, 0.15) is 33.6 Å². The molecule has 8 heterocycles. The van der Waals surface area contributed by atoms with Crippen molar-refractivity contribution in [3.63, 3.8) is 0 Å². The molecule has 1 saturated heterocycles. The van der Waals surface area contributed by atoms with Crippen LogP contribution >= 0.6 is 121 Å². The summed E-state index contributed by atoms with van der Waals surface area (Å²) in [5.74, 6) is -0.397. The van der Waals surface area contributed by atoms with E-state index < -0.39 is 35.9 Å². The number of nitrogens with one attached hydrogen (secondary N) is 2. The zero-order valence-corrected chi connectivity index (χ0v) is 65.3. The molecule has 7 N–H and O–H groups in total. The highest BCUT2D eigenvalue weighted by atomic mass is 79.9. The number of aliphatic hydroxyl groups is 3. The Morgan fingerprint density at radius 1 is 0.634 bits per heavy atom. The molecule has 0 aliphatic carbocycles. The van der Waals surface area contributed by atoms with Gasteiger partial charge in [0, 0.05) is 77.2 Å². The highest BCUT2D eigenvalue weighted by molar-refractivity contribution is 9.11. The average molecular weight is 1600 g/mol. The number of anilines is 4. The Morgan fingerprint density at radius 3 is 1.48 bits per heavy atom. The van der Waals surface area contributed by atoms with Crippen molar-refractivity contribution in [2.45, 2.75) is 103 Å². The lowest BCUT2D eigenvalue weighted by molar-refractivity contribution is -0.118. The van der Waals surface area contributed by atoms with E-state index in [4.69, 9.17) is 48.5 Å². The molecule has 2 amide bonds. The minimum Gasteiger partial charge on any atom is -0.399 e. The number of nitrogens with two attached hydrogens (primary N) is 1. The Kier molecular flexibility index (Phi) is 34.1. The van der Waals surface area contributed by atoms with Crippen LogP contribution in [0.2, 0.25) is 10.3 Å². The van der Waals surface area contributed by atoms with Gasteiger partial charge in [-0.2, -0.15) is 4.39 Å². The third-order valence-corrected chi connectivity index (χ3v) is 53.7. The normalized spacial score (nSPS) is 14.9. The number of amides is 2. The number of aromatic nitrogens is 5. The van der Waals surface area contributed by atoms with Crippen LogP contribution in [-0.2, 0) is 44.6 Å². The summed E-state index contributed by atoms with van der Waals surface area (Å²) in [7, 11) is 13.8. The first-order valence-electron chi connectivity index (χ1n) is 28.8. The molecule has 0 bridgehead atoms. The molecular weight excluding hydrogens is 1520 g/mol. The number of aliphatic hydroxyl groups excluding tert-OH is 3. The lowest BCUT2D eigenvalue weighted by Gasteiger charge is -2.32. The van der Waals surface area contributed by atoms with E-state index in [2.05, 4.69) is 112 Å². The van der Waals surface area contributed by atoms with Crippen molar-refractivity contribution >= 4 is 168 Å². The molecule has 10 rings (SSSR count). The van der Waals surface area contributed by atoms with Gasteiger partial charge in [-0.3, -0.25) is 9.59 Å². The molecule has 5 aromatic heterocycles. The number of nitrogens with zero attached hydrogens (tertiary/aromatic N) is 7. The summed E-state index contributed by atoms with van der Waals surface area (Å²) >= 11 is 18.5. The third kappa shape index (κ3) is 25.2. The van der Waals surface area contributed by atoms with Crippen molar-refractivity contribution in [3.8, 4) is 11.1 Å². The zero-order valence-electron chi connectivity index (χ0n) is 52.2. The number of hydrogen-bond donors (Lipinski definition) is 6. The third-order valence-electron chi connectivity index (χ3n) is 14.1. The molecule has 3 aliphatic heterocycles. The van der Waals surface area contributed by atoms with Crippen LogP contribution in [0.5, 0.6) is 0 Å². The predicted octanol–water partition coefficient (Wildman–Crippen LogP) is 14.3. The lowest BCUT2D eigenvalue weighted by atomic mass is 9.78. The van der Waals surface area contributed by atoms with Gasteiger partial charge in [0.15, 0.2) is 0 Å². The topological polar surface area (TPSA) is 234 Å². The van der Waals surface area contributed by atoms with Crippen LogP contribution in [0.25, 0.3) is 11.1 Å². The highest BCUT2D eigenvalue weighted by Crippen LogP contribution is 3.00. The maximum absolute atomic E-state index is 15.1. The fourth-order valence-corrected chi connectivity index (χ4v) is 38.6.